The fourth-order valence-electron chi connectivity index (χ4n) is 5.20. The number of non-ortho nitro benzene ring substituents is 1. The molecule has 0 spiro atoms. The number of furan rings is 1. The van der Waals surface area contributed by atoms with Crippen molar-refractivity contribution < 1.29 is 18.9 Å². The monoisotopic (exact) mass is 456 g/mol. The Morgan fingerprint density at radius 3 is 2.74 bits per heavy atom. The normalized spacial score (nSPS) is 19.9. The van der Waals surface area contributed by atoms with Crippen LogP contribution in [0.5, 0.6) is 0 Å². The molecule has 6 rings (SSSR count). The summed E-state index contributed by atoms with van der Waals surface area (Å²) in [5, 5.41) is 12.4. The zero-order valence-electron chi connectivity index (χ0n) is 18.0. The van der Waals surface area contributed by atoms with Gasteiger partial charge in [0.05, 0.1) is 23.8 Å². The molecular weight excluding hydrogens is 436 g/mol. The van der Waals surface area contributed by atoms with E-state index in [9.17, 15) is 19.7 Å². The van der Waals surface area contributed by atoms with E-state index < -0.39 is 17.0 Å². The minimum Gasteiger partial charge on any atom is -0.467 e. The molecule has 9 nitrogen and oxygen atoms in total. The highest BCUT2D eigenvalue weighted by Crippen LogP contribution is 2.43. The standard InChI is InChI=1S/C25H20N4O5/c30-22-14-27(13-17-7-4-10-34-17)25(31)21-12-19-18-8-1-2-9-20(18)26-23(19)24(28(21)22)15-5-3-6-16(11-15)29(32)33/h1-11,21,24,26H,12-14H2. The molecule has 34 heavy (non-hydrogen) atoms. The van der Waals surface area contributed by atoms with Crippen molar-refractivity contribution >= 4 is 28.4 Å². The number of aromatic nitrogens is 1. The van der Waals surface area contributed by atoms with E-state index in [1.54, 1.807) is 29.2 Å². The Morgan fingerprint density at radius 1 is 1.09 bits per heavy atom. The molecule has 2 aliphatic rings. The van der Waals surface area contributed by atoms with Gasteiger partial charge < -0.3 is 19.2 Å². The van der Waals surface area contributed by atoms with E-state index in [-0.39, 0.29) is 30.6 Å². The summed E-state index contributed by atoms with van der Waals surface area (Å²) in [6.45, 7) is 0.126. The average Bonchev–Trinajstić information content (AvgIpc) is 3.48. The summed E-state index contributed by atoms with van der Waals surface area (Å²) >= 11 is 0. The van der Waals surface area contributed by atoms with Crippen LogP contribution in [0, 0.1) is 10.1 Å². The van der Waals surface area contributed by atoms with Gasteiger partial charge in [0.15, 0.2) is 0 Å². The molecule has 1 N–H and O–H groups in total. The summed E-state index contributed by atoms with van der Waals surface area (Å²) in [6, 6.07) is 16.2. The topological polar surface area (TPSA) is 113 Å². The molecule has 170 valence electrons. The van der Waals surface area contributed by atoms with Crippen molar-refractivity contribution in [1.82, 2.24) is 14.8 Å². The van der Waals surface area contributed by atoms with Crippen LogP contribution in [0.1, 0.15) is 28.6 Å². The Kier molecular flexibility index (Phi) is 4.51. The summed E-state index contributed by atoms with van der Waals surface area (Å²) in [6.07, 6.45) is 1.90. The van der Waals surface area contributed by atoms with Crippen LogP contribution in [0.15, 0.2) is 71.3 Å². The molecule has 0 bridgehead atoms. The number of carbonyl (C=O) groups is 2. The summed E-state index contributed by atoms with van der Waals surface area (Å²) in [7, 11) is 0. The van der Waals surface area contributed by atoms with Crippen molar-refractivity contribution in [3.05, 3.63) is 99.6 Å². The van der Waals surface area contributed by atoms with Gasteiger partial charge in [-0.2, -0.15) is 0 Å². The summed E-state index contributed by atoms with van der Waals surface area (Å²) in [5.74, 6) is 0.229. The number of amides is 2. The second-order valence-corrected chi connectivity index (χ2v) is 8.61. The molecule has 1 fully saturated rings. The third-order valence-corrected chi connectivity index (χ3v) is 6.67. The first-order valence-corrected chi connectivity index (χ1v) is 11.0. The third kappa shape index (κ3) is 3.08. The van der Waals surface area contributed by atoms with E-state index >= 15 is 0 Å². The third-order valence-electron chi connectivity index (χ3n) is 6.67. The highest BCUT2D eigenvalue weighted by Gasteiger charge is 2.48. The average molecular weight is 456 g/mol. The number of H-pyrrole nitrogens is 1. The maximum absolute atomic E-state index is 13.6. The second kappa shape index (κ2) is 7.58. The predicted molar refractivity (Wildman–Crippen MR) is 122 cm³/mol. The molecule has 2 unspecified atom stereocenters. The number of benzene rings is 2. The summed E-state index contributed by atoms with van der Waals surface area (Å²) in [4.78, 5) is 44.7. The Balaban J connectivity index is 1.49. The van der Waals surface area contributed by atoms with E-state index in [2.05, 4.69) is 4.98 Å². The zero-order valence-corrected chi connectivity index (χ0v) is 18.0. The van der Waals surface area contributed by atoms with Gasteiger partial charge in [-0.05, 0) is 29.3 Å². The molecule has 0 saturated carbocycles. The highest BCUT2D eigenvalue weighted by molar-refractivity contribution is 5.97. The van der Waals surface area contributed by atoms with Gasteiger partial charge in [0.1, 0.15) is 18.3 Å². The Bertz CT molecular complexity index is 1440. The van der Waals surface area contributed by atoms with E-state index in [1.807, 2.05) is 24.3 Å². The van der Waals surface area contributed by atoms with E-state index in [0.29, 0.717) is 17.7 Å². The van der Waals surface area contributed by atoms with Gasteiger partial charge in [0, 0.05) is 35.2 Å². The van der Waals surface area contributed by atoms with Gasteiger partial charge in [-0.15, -0.1) is 0 Å². The summed E-state index contributed by atoms with van der Waals surface area (Å²) in [5.41, 5.74) is 3.17. The van der Waals surface area contributed by atoms with Crippen LogP contribution in [0.4, 0.5) is 5.69 Å². The van der Waals surface area contributed by atoms with E-state index in [1.165, 1.54) is 23.3 Å². The fourth-order valence-corrected chi connectivity index (χ4v) is 5.20. The first kappa shape index (κ1) is 20.2. The number of para-hydroxylation sites is 1. The van der Waals surface area contributed by atoms with Crippen molar-refractivity contribution in [3.63, 3.8) is 0 Å². The number of nitro benzene ring substituents is 1. The summed E-state index contributed by atoms with van der Waals surface area (Å²) < 4.78 is 5.40. The molecule has 2 aliphatic heterocycles. The van der Waals surface area contributed by atoms with Crippen LogP contribution in [0.3, 0.4) is 0 Å². The lowest BCUT2D eigenvalue weighted by Crippen LogP contribution is -2.62. The number of hydrogen-bond donors (Lipinski definition) is 1. The maximum Gasteiger partial charge on any atom is 0.269 e. The van der Waals surface area contributed by atoms with Crippen LogP contribution in [-0.4, -0.2) is 44.1 Å². The van der Waals surface area contributed by atoms with Crippen molar-refractivity contribution in [1.29, 1.82) is 0 Å². The maximum atomic E-state index is 13.6. The second-order valence-electron chi connectivity index (χ2n) is 8.61. The molecule has 4 heterocycles. The molecule has 2 amide bonds. The number of rotatable bonds is 4. The Hall–Kier alpha value is -4.40. The quantitative estimate of drug-likeness (QED) is 0.373. The van der Waals surface area contributed by atoms with Crippen molar-refractivity contribution in [2.24, 2.45) is 0 Å². The van der Waals surface area contributed by atoms with Gasteiger partial charge in [0.2, 0.25) is 11.8 Å². The van der Waals surface area contributed by atoms with E-state index in [4.69, 9.17) is 4.42 Å². The SMILES string of the molecule is O=C1C2Cc3c([nH]c4ccccc34)C(c3cccc([N+](=O)[O-])c3)N2C(=O)CN1Cc1ccco1. The van der Waals surface area contributed by atoms with Crippen molar-refractivity contribution in [2.45, 2.75) is 25.0 Å². The molecule has 2 aromatic carbocycles. The van der Waals surface area contributed by atoms with Gasteiger partial charge in [-0.25, -0.2) is 0 Å². The number of fused-ring (bicyclic) bond motifs is 4. The fraction of sp³-hybridized carbons (Fsp3) is 0.200. The Morgan fingerprint density at radius 2 is 1.94 bits per heavy atom. The number of nitrogens with one attached hydrogen (secondary N) is 1. The Labute approximate surface area is 193 Å². The van der Waals surface area contributed by atoms with Gasteiger partial charge in [-0.1, -0.05) is 30.3 Å². The lowest BCUT2D eigenvalue weighted by Gasteiger charge is -2.46. The number of piperazine rings is 1. The van der Waals surface area contributed by atoms with Crippen molar-refractivity contribution in [2.75, 3.05) is 6.54 Å². The predicted octanol–water partition coefficient (Wildman–Crippen LogP) is 3.55. The van der Waals surface area contributed by atoms with Crippen LogP contribution >= 0.6 is 0 Å². The minimum atomic E-state index is -0.716. The molecule has 1 saturated heterocycles. The first-order chi connectivity index (χ1) is 16.5. The zero-order chi connectivity index (χ0) is 23.4. The largest absolute Gasteiger partial charge is 0.467 e. The van der Waals surface area contributed by atoms with Crippen LogP contribution < -0.4 is 0 Å². The molecule has 0 aliphatic carbocycles. The molecule has 2 atom stereocenters. The number of carbonyl (C=O) groups excluding carboxylic acids is 2. The van der Waals surface area contributed by atoms with Crippen LogP contribution in [-0.2, 0) is 22.6 Å². The van der Waals surface area contributed by atoms with Crippen molar-refractivity contribution in [3.8, 4) is 0 Å². The number of nitro groups is 1. The molecule has 4 aromatic rings. The van der Waals surface area contributed by atoms with Gasteiger partial charge >= 0.3 is 0 Å². The van der Waals surface area contributed by atoms with Gasteiger partial charge in [-0.3, -0.25) is 19.7 Å². The molecular formula is C25H20N4O5. The highest BCUT2D eigenvalue weighted by atomic mass is 16.6. The smallest absolute Gasteiger partial charge is 0.269 e. The van der Waals surface area contributed by atoms with Crippen LogP contribution in [0.2, 0.25) is 0 Å². The lowest BCUT2D eigenvalue weighted by molar-refractivity contribution is -0.384. The van der Waals surface area contributed by atoms with Gasteiger partial charge in [0.25, 0.3) is 5.69 Å². The molecule has 9 heteroatoms. The first-order valence-electron chi connectivity index (χ1n) is 11.0. The number of nitrogens with zero attached hydrogens (tertiary/aromatic N) is 3. The molecule has 0 radical (unpaired) electrons. The lowest BCUT2D eigenvalue weighted by atomic mass is 9.86. The minimum absolute atomic E-state index is 0.0625. The van der Waals surface area contributed by atoms with E-state index in [0.717, 1.165) is 22.2 Å². The molecule has 2 aromatic heterocycles. The number of aromatic amines is 1. The number of hydrogen-bond acceptors (Lipinski definition) is 5. The van der Waals surface area contributed by atoms with Crippen LogP contribution in [0.25, 0.3) is 10.9 Å².